The second-order valence-electron chi connectivity index (χ2n) is 4.01. The quantitative estimate of drug-likeness (QED) is 0.751. The van der Waals surface area contributed by atoms with E-state index in [2.05, 4.69) is 4.94 Å². The fourth-order valence-electron chi connectivity index (χ4n) is 2.42. The van der Waals surface area contributed by atoms with E-state index in [0.717, 1.165) is 0 Å². The van der Waals surface area contributed by atoms with Gasteiger partial charge in [0.05, 0.1) is 12.6 Å². The molecule has 1 aliphatic rings. The molecule has 0 heterocycles. The van der Waals surface area contributed by atoms with Crippen LogP contribution in [0.2, 0.25) is 0 Å². The van der Waals surface area contributed by atoms with Crippen LogP contribution in [0.5, 0.6) is 0 Å². The van der Waals surface area contributed by atoms with Crippen LogP contribution in [-0.2, 0) is 4.94 Å². The molecule has 0 aromatic carbocycles. The molecule has 1 fully saturated rings. The van der Waals surface area contributed by atoms with Gasteiger partial charge in [-0.1, -0.05) is 6.42 Å². The molecule has 2 nitrogen and oxygen atoms in total. The number of halogens is 4. The minimum Gasteiger partial charge on any atom is -0.330 e. The maximum atomic E-state index is 13.1. The summed E-state index contributed by atoms with van der Waals surface area (Å²) in [5.41, 5.74) is 5.33. The maximum absolute atomic E-state index is 13.1. The Morgan fingerprint density at radius 1 is 1.27 bits per heavy atom. The van der Waals surface area contributed by atoms with Gasteiger partial charge < -0.3 is 5.73 Å². The molecule has 0 radical (unpaired) electrons. The van der Waals surface area contributed by atoms with E-state index >= 15 is 0 Å². The molecule has 0 amide bonds. The fraction of sp³-hybridized carbons (Fsp3) is 1.00. The van der Waals surface area contributed by atoms with Gasteiger partial charge in [0.1, 0.15) is 0 Å². The first-order valence-corrected chi connectivity index (χ1v) is 5.00. The summed E-state index contributed by atoms with van der Waals surface area (Å²) >= 11 is 0. The predicted molar refractivity (Wildman–Crippen MR) is 46.5 cm³/mol. The van der Waals surface area contributed by atoms with Crippen LogP contribution in [-0.4, -0.2) is 19.3 Å². The van der Waals surface area contributed by atoms with Crippen molar-refractivity contribution in [3.8, 4) is 0 Å². The number of hydrogen-bond acceptors (Lipinski definition) is 2. The third kappa shape index (κ3) is 2.60. The van der Waals surface area contributed by atoms with Crippen molar-refractivity contribution in [1.29, 1.82) is 0 Å². The van der Waals surface area contributed by atoms with Crippen LogP contribution < -0.4 is 5.73 Å². The third-order valence-corrected chi connectivity index (χ3v) is 3.16. The van der Waals surface area contributed by atoms with Crippen molar-refractivity contribution in [3.63, 3.8) is 0 Å². The summed E-state index contributed by atoms with van der Waals surface area (Å²) in [5.74, 6) is -2.89. The molecular formula is C9H15F4NO. The lowest BCUT2D eigenvalue weighted by molar-refractivity contribution is -0.390. The first-order valence-electron chi connectivity index (χ1n) is 5.00. The zero-order chi connectivity index (χ0) is 11.5. The highest BCUT2D eigenvalue weighted by molar-refractivity contribution is 4.87. The fourth-order valence-corrected chi connectivity index (χ4v) is 2.42. The van der Waals surface area contributed by atoms with Crippen LogP contribution in [0.1, 0.15) is 19.3 Å². The van der Waals surface area contributed by atoms with Crippen LogP contribution >= 0.6 is 0 Å². The summed E-state index contributed by atoms with van der Waals surface area (Å²) in [7, 11) is 0. The van der Waals surface area contributed by atoms with E-state index in [4.69, 9.17) is 5.73 Å². The summed E-state index contributed by atoms with van der Waals surface area (Å²) in [6, 6.07) is 0. The second kappa shape index (κ2) is 5.12. The Labute approximate surface area is 85.7 Å². The van der Waals surface area contributed by atoms with Crippen molar-refractivity contribution in [1.82, 2.24) is 0 Å². The zero-order valence-electron chi connectivity index (χ0n) is 8.27. The first-order chi connectivity index (χ1) is 7.06. The second-order valence-corrected chi connectivity index (χ2v) is 4.01. The number of alkyl halides is 3. The topological polar surface area (TPSA) is 35.2 Å². The SMILES string of the molecule is NCC1CCCC(CF)C1C(F)(F)OF. The van der Waals surface area contributed by atoms with E-state index in [1.807, 2.05) is 0 Å². The van der Waals surface area contributed by atoms with Crippen molar-refractivity contribution < 1.29 is 22.6 Å². The van der Waals surface area contributed by atoms with Crippen molar-refractivity contribution in [2.45, 2.75) is 25.4 Å². The Kier molecular flexibility index (Phi) is 4.33. The van der Waals surface area contributed by atoms with Crippen LogP contribution in [0.3, 0.4) is 0 Å². The highest BCUT2D eigenvalue weighted by Crippen LogP contribution is 2.44. The molecule has 0 aromatic heterocycles. The molecular weight excluding hydrogens is 214 g/mol. The lowest BCUT2D eigenvalue weighted by Gasteiger charge is -2.38. The minimum absolute atomic E-state index is 0.000116. The van der Waals surface area contributed by atoms with E-state index in [-0.39, 0.29) is 6.54 Å². The molecule has 0 aliphatic heterocycles. The normalized spacial score (nSPS) is 33.0. The zero-order valence-corrected chi connectivity index (χ0v) is 8.27. The molecule has 2 N–H and O–H groups in total. The van der Waals surface area contributed by atoms with Crippen LogP contribution in [0, 0.1) is 17.8 Å². The monoisotopic (exact) mass is 229 g/mol. The van der Waals surface area contributed by atoms with Crippen molar-refractivity contribution >= 4 is 0 Å². The maximum Gasteiger partial charge on any atom is 0.389 e. The summed E-state index contributed by atoms with van der Waals surface area (Å²) in [6.45, 7) is -0.889. The van der Waals surface area contributed by atoms with Gasteiger partial charge in [-0.15, -0.1) is 4.94 Å². The van der Waals surface area contributed by atoms with E-state index in [0.29, 0.717) is 19.3 Å². The molecule has 3 atom stereocenters. The smallest absolute Gasteiger partial charge is 0.330 e. The van der Waals surface area contributed by atoms with E-state index < -0.39 is 30.5 Å². The molecule has 3 unspecified atom stereocenters. The average molecular weight is 229 g/mol. The number of rotatable bonds is 4. The lowest BCUT2D eigenvalue weighted by Crippen LogP contribution is -2.45. The Balaban J connectivity index is 2.83. The van der Waals surface area contributed by atoms with E-state index in [1.165, 1.54) is 0 Å². The molecule has 1 saturated carbocycles. The van der Waals surface area contributed by atoms with Crippen LogP contribution in [0.15, 0.2) is 0 Å². The molecule has 90 valence electrons. The Hall–Kier alpha value is -0.360. The standard InChI is InChI=1S/C9H15F4NO/c10-4-6-2-1-3-7(5-14)8(6)9(11,12)15-13/h6-8H,1-5,14H2. The Morgan fingerprint density at radius 3 is 2.33 bits per heavy atom. The molecule has 0 bridgehead atoms. The highest BCUT2D eigenvalue weighted by atomic mass is 19.4. The highest BCUT2D eigenvalue weighted by Gasteiger charge is 2.51. The Morgan fingerprint density at radius 2 is 1.87 bits per heavy atom. The van der Waals surface area contributed by atoms with Crippen LogP contribution in [0.4, 0.5) is 17.7 Å². The summed E-state index contributed by atoms with van der Waals surface area (Å²) in [5, 5.41) is 0. The molecule has 1 aliphatic carbocycles. The van der Waals surface area contributed by atoms with Gasteiger partial charge in [-0.3, -0.25) is 4.39 Å². The molecule has 1 rings (SSSR count). The van der Waals surface area contributed by atoms with Gasteiger partial charge in [0.25, 0.3) is 0 Å². The molecule has 0 spiro atoms. The van der Waals surface area contributed by atoms with Crippen molar-refractivity contribution in [2.24, 2.45) is 23.5 Å². The lowest BCUT2D eigenvalue weighted by atomic mass is 9.71. The van der Waals surface area contributed by atoms with Crippen molar-refractivity contribution in [3.05, 3.63) is 0 Å². The predicted octanol–water partition coefficient (Wildman–Crippen LogP) is 2.44. The summed E-state index contributed by atoms with van der Waals surface area (Å²) < 4.78 is 50.5. The van der Waals surface area contributed by atoms with E-state index in [9.17, 15) is 17.7 Å². The number of hydrogen-bond donors (Lipinski definition) is 1. The van der Waals surface area contributed by atoms with E-state index in [1.54, 1.807) is 0 Å². The summed E-state index contributed by atoms with van der Waals surface area (Å²) in [4.78, 5) is 2.69. The van der Waals surface area contributed by atoms with Gasteiger partial charge >= 0.3 is 6.11 Å². The van der Waals surface area contributed by atoms with Crippen molar-refractivity contribution in [2.75, 3.05) is 13.2 Å². The van der Waals surface area contributed by atoms with Gasteiger partial charge in [-0.05, 0) is 35.7 Å². The average Bonchev–Trinajstić information content (AvgIpc) is 2.27. The molecule has 15 heavy (non-hydrogen) atoms. The largest absolute Gasteiger partial charge is 0.389 e. The first kappa shape index (κ1) is 12.7. The minimum atomic E-state index is -3.93. The third-order valence-electron chi connectivity index (χ3n) is 3.16. The van der Waals surface area contributed by atoms with Gasteiger partial charge in [0, 0.05) is 0 Å². The van der Waals surface area contributed by atoms with Gasteiger partial charge in [-0.2, -0.15) is 8.78 Å². The molecule has 6 heteroatoms. The van der Waals surface area contributed by atoms with Crippen LogP contribution in [0.25, 0.3) is 0 Å². The van der Waals surface area contributed by atoms with Gasteiger partial charge in [-0.25, -0.2) is 0 Å². The van der Waals surface area contributed by atoms with Gasteiger partial charge in [0.2, 0.25) is 0 Å². The summed E-state index contributed by atoms with van der Waals surface area (Å²) in [6.07, 6.45) is -2.48. The number of nitrogens with two attached hydrogens (primary N) is 1. The van der Waals surface area contributed by atoms with Gasteiger partial charge in [0.15, 0.2) is 0 Å². The Bertz CT molecular complexity index is 191. The molecule has 0 aromatic rings. The molecule has 0 saturated heterocycles.